The first kappa shape index (κ1) is 13.0. The summed E-state index contributed by atoms with van der Waals surface area (Å²) in [6, 6.07) is 11.6. The monoisotopic (exact) mass is 242 g/mol. The summed E-state index contributed by atoms with van der Waals surface area (Å²) in [4.78, 5) is 4.42. The average Bonchev–Trinajstić information content (AvgIpc) is 2.36. The zero-order chi connectivity index (χ0) is 13.1. The SMILES string of the molecule is CC(C)NC(C)C(C)c1ccc2cccnc2c1. The van der Waals surface area contributed by atoms with Gasteiger partial charge >= 0.3 is 0 Å². The summed E-state index contributed by atoms with van der Waals surface area (Å²) in [7, 11) is 0. The van der Waals surface area contributed by atoms with Crippen LogP contribution in [0.5, 0.6) is 0 Å². The topological polar surface area (TPSA) is 24.9 Å². The summed E-state index contributed by atoms with van der Waals surface area (Å²) in [5.74, 6) is 0.485. The Morgan fingerprint density at radius 1 is 1.06 bits per heavy atom. The zero-order valence-corrected chi connectivity index (χ0v) is 11.6. The molecule has 1 N–H and O–H groups in total. The molecule has 0 aliphatic carbocycles. The molecule has 1 aromatic carbocycles. The van der Waals surface area contributed by atoms with Crippen molar-refractivity contribution in [3.8, 4) is 0 Å². The maximum absolute atomic E-state index is 4.42. The first-order valence-electron chi connectivity index (χ1n) is 6.68. The lowest BCUT2D eigenvalue weighted by Crippen LogP contribution is -2.36. The Labute approximate surface area is 109 Å². The van der Waals surface area contributed by atoms with Gasteiger partial charge in [0, 0.05) is 23.7 Å². The molecule has 0 radical (unpaired) electrons. The van der Waals surface area contributed by atoms with E-state index in [4.69, 9.17) is 0 Å². The Bertz CT molecular complexity index is 519. The molecule has 1 aromatic heterocycles. The molecule has 0 aliphatic rings. The van der Waals surface area contributed by atoms with E-state index in [0.717, 1.165) is 5.52 Å². The maximum atomic E-state index is 4.42. The largest absolute Gasteiger partial charge is 0.311 e. The molecule has 0 saturated carbocycles. The maximum Gasteiger partial charge on any atom is 0.0704 e. The summed E-state index contributed by atoms with van der Waals surface area (Å²) in [5, 5.41) is 4.78. The van der Waals surface area contributed by atoms with Gasteiger partial charge in [-0.3, -0.25) is 4.98 Å². The van der Waals surface area contributed by atoms with Crippen LogP contribution in [0.4, 0.5) is 0 Å². The summed E-state index contributed by atoms with van der Waals surface area (Å²) in [5.41, 5.74) is 2.43. The van der Waals surface area contributed by atoms with Crippen molar-refractivity contribution in [3.63, 3.8) is 0 Å². The molecule has 2 heteroatoms. The smallest absolute Gasteiger partial charge is 0.0704 e. The highest BCUT2D eigenvalue weighted by Crippen LogP contribution is 2.23. The van der Waals surface area contributed by atoms with Gasteiger partial charge in [0.15, 0.2) is 0 Å². The van der Waals surface area contributed by atoms with Crippen LogP contribution in [0.3, 0.4) is 0 Å². The minimum absolute atomic E-state index is 0.464. The molecule has 0 aliphatic heterocycles. The summed E-state index contributed by atoms with van der Waals surface area (Å²) in [6.45, 7) is 8.88. The number of benzene rings is 1. The average molecular weight is 242 g/mol. The lowest BCUT2D eigenvalue weighted by atomic mass is 9.93. The van der Waals surface area contributed by atoms with E-state index in [9.17, 15) is 0 Å². The first-order chi connectivity index (χ1) is 8.58. The fraction of sp³-hybridized carbons (Fsp3) is 0.438. The third-order valence-corrected chi connectivity index (χ3v) is 3.50. The van der Waals surface area contributed by atoms with E-state index in [1.807, 2.05) is 12.3 Å². The van der Waals surface area contributed by atoms with Crippen LogP contribution in [0.2, 0.25) is 0 Å². The van der Waals surface area contributed by atoms with Crippen molar-refractivity contribution in [1.29, 1.82) is 0 Å². The highest BCUT2D eigenvalue weighted by atomic mass is 14.9. The minimum Gasteiger partial charge on any atom is -0.311 e. The number of fused-ring (bicyclic) bond motifs is 1. The number of nitrogens with one attached hydrogen (secondary N) is 1. The van der Waals surface area contributed by atoms with Crippen LogP contribution in [-0.4, -0.2) is 17.1 Å². The van der Waals surface area contributed by atoms with Crippen molar-refractivity contribution in [2.45, 2.75) is 45.7 Å². The predicted molar refractivity (Wildman–Crippen MR) is 77.9 cm³/mol. The molecule has 2 aromatic rings. The van der Waals surface area contributed by atoms with Crippen molar-refractivity contribution >= 4 is 10.9 Å². The molecular formula is C16H22N2. The summed E-state index contributed by atoms with van der Waals surface area (Å²) < 4.78 is 0. The van der Waals surface area contributed by atoms with E-state index in [2.05, 4.69) is 62.3 Å². The number of aromatic nitrogens is 1. The summed E-state index contributed by atoms with van der Waals surface area (Å²) in [6.07, 6.45) is 1.85. The molecule has 2 unspecified atom stereocenters. The van der Waals surface area contributed by atoms with E-state index >= 15 is 0 Å². The van der Waals surface area contributed by atoms with Crippen LogP contribution in [0, 0.1) is 0 Å². The lowest BCUT2D eigenvalue weighted by molar-refractivity contribution is 0.440. The number of hydrogen-bond donors (Lipinski definition) is 1. The van der Waals surface area contributed by atoms with Crippen LogP contribution >= 0.6 is 0 Å². The van der Waals surface area contributed by atoms with Crippen LogP contribution < -0.4 is 5.32 Å². The van der Waals surface area contributed by atoms with Crippen LogP contribution in [0.25, 0.3) is 10.9 Å². The van der Waals surface area contributed by atoms with Crippen LogP contribution in [0.1, 0.15) is 39.2 Å². The van der Waals surface area contributed by atoms with Gasteiger partial charge in [-0.1, -0.05) is 39.0 Å². The van der Waals surface area contributed by atoms with Gasteiger partial charge in [-0.05, 0) is 30.5 Å². The number of rotatable bonds is 4. The fourth-order valence-corrected chi connectivity index (χ4v) is 2.33. The summed E-state index contributed by atoms with van der Waals surface area (Å²) >= 11 is 0. The Kier molecular flexibility index (Phi) is 3.97. The van der Waals surface area contributed by atoms with E-state index in [1.54, 1.807) is 0 Å². The van der Waals surface area contributed by atoms with Gasteiger partial charge in [0.2, 0.25) is 0 Å². The van der Waals surface area contributed by atoms with Crippen LogP contribution in [-0.2, 0) is 0 Å². The Morgan fingerprint density at radius 2 is 1.83 bits per heavy atom. The molecule has 0 spiro atoms. The van der Waals surface area contributed by atoms with Gasteiger partial charge in [0.1, 0.15) is 0 Å². The molecular weight excluding hydrogens is 220 g/mol. The predicted octanol–water partition coefficient (Wildman–Crippen LogP) is 3.72. The quantitative estimate of drug-likeness (QED) is 0.883. The third kappa shape index (κ3) is 2.88. The molecule has 18 heavy (non-hydrogen) atoms. The minimum atomic E-state index is 0.464. The standard InChI is InChI=1S/C16H22N2/c1-11(2)18-13(4)12(3)15-8-7-14-6-5-9-17-16(14)10-15/h5-13,18H,1-4H3. The molecule has 0 amide bonds. The second kappa shape index (κ2) is 5.49. The zero-order valence-electron chi connectivity index (χ0n) is 11.6. The van der Waals surface area contributed by atoms with Crippen molar-refractivity contribution in [2.75, 3.05) is 0 Å². The van der Waals surface area contributed by atoms with Crippen molar-refractivity contribution in [1.82, 2.24) is 10.3 Å². The Balaban J connectivity index is 2.24. The third-order valence-electron chi connectivity index (χ3n) is 3.50. The van der Waals surface area contributed by atoms with E-state index in [0.29, 0.717) is 18.0 Å². The normalized spacial score (nSPS) is 14.9. The van der Waals surface area contributed by atoms with Gasteiger partial charge < -0.3 is 5.32 Å². The molecule has 96 valence electrons. The van der Waals surface area contributed by atoms with Gasteiger partial charge in [-0.15, -0.1) is 0 Å². The van der Waals surface area contributed by atoms with Crippen molar-refractivity contribution in [3.05, 3.63) is 42.1 Å². The highest BCUT2D eigenvalue weighted by Gasteiger charge is 2.15. The van der Waals surface area contributed by atoms with Crippen LogP contribution in [0.15, 0.2) is 36.5 Å². The molecule has 2 atom stereocenters. The number of hydrogen-bond acceptors (Lipinski definition) is 2. The van der Waals surface area contributed by atoms with Crippen molar-refractivity contribution in [2.24, 2.45) is 0 Å². The first-order valence-corrected chi connectivity index (χ1v) is 6.68. The van der Waals surface area contributed by atoms with Gasteiger partial charge in [0.25, 0.3) is 0 Å². The lowest BCUT2D eigenvalue weighted by Gasteiger charge is -2.24. The molecule has 0 bridgehead atoms. The molecule has 2 rings (SSSR count). The highest BCUT2D eigenvalue weighted by molar-refractivity contribution is 5.79. The van der Waals surface area contributed by atoms with Gasteiger partial charge in [-0.25, -0.2) is 0 Å². The second-order valence-electron chi connectivity index (χ2n) is 5.35. The fourth-order valence-electron chi connectivity index (χ4n) is 2.33. The van der Waals surface area contributed by atoms with Gasteiger partial charge in [0.05, 0.1) is 5.52 Å². The van der Waals surface area contributed by atoms with E-state index in [-0.39, 0.29) is 0 Å². The molecule has 0 fully saturated rings. The number of nitrogens with zero attached hydrogens (tertiary/aromatic N) is 1. The van der Waals surface area contributed by atoms with E-state index in [1.165, 1.54) is 10.9 Å². The molecule has 0 saturated heterocycles. The molecule has 2 nitrogen and oxygen atoms in total. The van der Waals surface area contributed by atoms with E-state index < -0.39 is 0 Å². The molecule has 1 heterocycles. The second-order valence-corrected chi connectivity index (χ2v) is 5.35. The number of pyridine rings is 1. The van der Waals surface area contributed by atoms with Gasteiger partial charge in [-0.2, -0.15) is 0 Å². The Morgan fingerprint density at radius 3 is 2.56 bits per heavy atom. The van der Waals surface area contributed by atoms with Crippen molar-refractivity contribution < 1.29 is 0 Å². The Hall–Kier alpha value is -1.41.